The molecule has 1 atom stereocenters. The van der Waals surface area contributed by atoms with Crippen molar-refractivity contribution in [3.05, 3.63) is 142 Å². The van der Waals surface area contributed by atoms with Gasteiger partial charge in [0, 0.05) is 22.7 Å². The maximum Gasteiger partial charge on any atom is 0.0520 e. The van der Waals surface area contributed by atoms with Gasteiger partial charge in [-0.25, -0.2) is 0 Å². The number of anilines is 6. The molecule has 5 aromatic carbocycles. The highest BCUT2D eigenvalue weighted by molar-refractivity contribution is 5.85. The summed E-state index contributed by atoms with van der Waals surface area (Å²) in [5.41, 5.74) is 18.0. The van der Waals surface area contributed by atoms with Gasteiger partial charge in [-0.15, -0.1) is 0 Å². The van der Waals surface area contributed by atoms with Crippen LogP contribution in [0.15, 0.2) is 97.1 Å². The Kier molecular flexibility index (Phi) is 11.2. The van der Waals surface area contributed by atoms with Crippen LogP contribution in [0, 0.1) is 34.6 Å². The van der Waals surface area contributed by atoms with Crippen molar-refractivity contribution < 1.29 is 0 Å². The van der Waals surface area contributed by atoms with E-state index in [9.17, 15) is 0 Å². The number of hydrogen-bond acceptors (Lipinski definition) is 2. The molecule has 52 heavy (non-hydrogen) atoms. The largest absolute Gasteiger partial charge is 0.310 e. The van der Waals surface area contributed by atoms with Crippen LogP contribution >= 0.6 is 0 Å². The predicted octanol–water partition coefficient (Wildman–Crippen LogP) is 15.2. The first kappa shape index (κ1) is 38.9. The summed E-state index contributed by atoms with van der Waals surface area (Å²) in [4.78, 5) is 4.91. The molecule has 2 nitrogen and oxygen atoms in total. The molecule has 5 rings (SSSR count). The van der Waals surface area contributed by atoms with Crippen molar-refractivity contribution >= 4 is 34.1 Å². The summed E-state index contributed by atoms with van der Waals surface area (Å²) in [5, 5.41) is 0. The zero-order valence-corrected chi connectivity index (χ0v) is 34.8. The van der Waals surface area contributed by atoms with E-state index in [0.717, 1.165) is 23.5 Å². The van der Waals surface area contributed by atoms with Crippen molar-refractivity contribution in [1.29, 1.82) is 0 Å². The monoisotopic (exact) mass is 693 g/mol. The minimum Gasteiger partial charge on any atom is -0.310 e. The third-order valence-corrected chi connectivity index (χ3v) is 11.2. The van der Waals surface area contributed by atoms with E-state index in [4.69, 9.17) is 0 Å². The van der Waals surface area contributed by atoms with Crippen LogP contribution in [-0.4, -0.2) is 0 Å². The highest BCUT2D eigenvalue weighted by Crippen LogP contribution is 2.45. The highest BCUT2D eigenvalue weighted by atomic mass is 15.2. The molecular formula is C50H64N2. The lowest BCUT2D eigenvalue weighted by Gasteiger charge is -2.33. The van der Waals surface area contributed by atoms with Crippen molar-refractivity contribution in [2.45, 2.75) is 132 Å². The minimum absolute atomic E-state index is 0.0762. The van der Waals surface area contributed by atoms with Gasteiger partial charge in [-0.2, -0.15) is 0 Å². The first-order valence-corrected chi connectivity index (χ1v) is 19.5. The number of rotatable bonds is 10. The summed E-state index contributed by atoms with van der Waals surface area (Å²) in [6, 6.07) is 37.1. The molecular weight excluding hydrogens is 629 g/mol. The molecule has 0 aliphatic carbocycles. The maximum absolute atomic E-state index is 2.47. The molecule has 0 saturated carbocycles. The Balaban J connectivity index is 1.68. The summed E-state index contributed by atoms with van der Waals surface area (Å²) in [7, 11) is 0. The van der Waals surface area contributed by atoms with E-state index < -0.39 is 0 Å². The van der Waals surface area contributed by atoms with E-state index >= 15 is 0 Å². The maximum atomic E-state index is 2.47. The lowest BCUT2D eigenvalue weighted by atomic mass is 9.76. The van der Waals surface area contributed by atoms with Crippen LogP contribution in [-0.2, 0) is 16.2 Å². The first-order valence-electron chi connectivity index (χ1n) is 19.5. The molecule has 0 aliphatic rings. The number of benzene rings is 5. The van der Waals surface area contributed by atoms with E-state index in [1.807, 2.05) is 0 Å². The van der Waals surface area contributed by atoms with Gasteiger partial charge in [-0.1, -0.05) is 123 Å². The van der Waals surface area contributed by atoms with E-state index in [-0.39, 0.29) is 16.2 Å². The summed E-state index contributed by atoms with van der Waals surface area (Å²) in [5.74, 6) is 0. The molecule has 0 radical (unpaired) electrons. The van der Waals surface area contributed by atoms with Crippen molar-refractivity contribution in [2.24, 2.45) is 0 Å². The molecule has 0 amide bonds. The molecule has 2 heteroatoms. The third-order valence-electron chi connectivity index (χ3n) is 11.2. The molecule has 0 aliphatic heterocycles. The number of nitrogens with zero attached hydrogens (tertiary/aromatic N) is 2. The summed E-state index contributed by atoms with van der Waals surface area (Å²) in [6.45, 7) is 32.1. The van der Waals surface area contributed by atoms with Gasteiger partial charge in [0.15, 0.2) is 0 Å². The Morgan fingerprint density at radius 1 is 0.423 bits per heavy atom. The zero-order valence-electron chi connectivity index (χ0n) is 34.8. The standard InChI is InChI=1S/C50H64N2/c1-15-29-50(14,16-2)39-19-23-43(24-20-39)52(47-37(6)32-41(33-38(47)7)49(11,12)13)45-27-25-44(26-28-45)51(42-21-17-34(3)18-22-42)46-35(4)30-40(31-36(46)5)48(8,9)10/h17-28,30-33H,15-16,29H2,1-14H3. The fourth-order valence-corrected chi connectivity index (χ4v) is 7.83. The molecule has 0 bridgehead atoms. The lowest BCUT2D eigenvalue weighted by Crippen LogP contribution is -2.21. The lowest BCUT2D eigenvalue weighted by molar-refractivity contribution is 0.414. The SMILES string of the molecule is CCCC(C)(CC)c1ccc(N(c2ccc(N(c3ccc(C)cc3)c3c(C)cc(C(C)(C)C)cc3C)cc2)c2c(C)cc(C(C)(C)C)cc2C)cc1. The van der Waals surface area contributed by atoms with Crippen molar-refractivity contribution in [2.75, 3.05) is 9.80 Å². The summed E-state index contributed by atoms with van der Waals surface area (Å²) < 4.78 is 0. The second kappa shape index (κ2) is 15.0. The second-order valence-electron chi connectivity index (χ2n) is 17.7. The molecule has 0 spiro atoms. The van der Waals surface area contributed by atoms with Gasteiger partial charge in [0.25, 0.3) is 0 Å². The van der Waals surface area contributed by atoms with Crippen molar-refractivity contribution in [3.8, 4) is 0 Å². The number of aryl methyl sites for hydroxylation is 5. The average molecular weight is 693 g/mol. The van der Waals surface area contributed by atoms with Crippen LogP contribution in [0.25, 0.3) is 0 Å². The molecule has 0 aromatic heterocycles. The van der Waals surface area contributed by atoms with E-state index in [1.54, 1.807) is 0 Å². The van der Waals surface area contributed by atoms with Gasteiger partial charge in [0.05, 0.1) is 11.4 Å². The van der Waals surface area contributed by atoms with Crippen LogP contribution in [0.4, 0.5) is 34.1 Å². The van der Waals surface area contributed by atoms with Gasteiger partial charge in [-0.05, 0) is 151 Å². The Morgan fingerprint density at radius 3 is 1.02 bits per heavy atom. The molecule has 0 heterocycles. The van der Waals surface area contributed by atoms with E-state index in [1.165, 1.54) is 74.4 Å². The van der Waals surface area contributed by atoms with Crippen molar-refractivity contribution in [3.63, 3.8) is 0 Å². The Bertz CT molecular complexity index is 1940. The molecule has 274 valence electrons. The third kappa shape index (κ3) is 8.02. The van der Waals surface area contributed by atoms with Crippen LogP contribution in [0.5, 0.6) is 0 Å². The van der Waals surface area contributed by atoms with Gasteiger partial charge in [0.1, 0.15) is 0 Å². The minimum atomic E-state index is 0.0762. The van der Waals surface area contributed by atoms with Gasteiger partial charge < -0.3 is 9.80 Å². The predicted molar refractivity (Wildman–Crippen MR) is 229 cm³/mol. The van der Waals surface area contributed by atoms with Gasteiger partial charge in [0.2, 0.25) is 0 Å². The topological polar surface area (TPSA) is 6.48 Å². The Labute approximate surface area is 316 Å². The van der Waals surface area contributed by atoms with E-state index in [2.05, 4.69) is 204 Å². The van der Waals surface area contributed by atoms with Gasteiger partial charge >= 0.3 is 0 Å². The Morgan fingerprint density at radius 2 is 0.731 bits per heavy atom. The highest BCUT2D eigenvalue weighted by Gasteiger charge is 2.26. The summed E-state index contributed by atoms with van der Waals surface area (Å²) >= 11 is 0. The van der Waals surface area contributed by atoms with Gasteiger partial charge in [-0.3, -0.25) is 0 Å². The fraction of sp³-hybridized carbons (Fsp3) is 0.400. The molecule has 0 saturated heterocycles. The molecule has 5 aromatic rings. The second-order valence-corrected chi connectivity index (χ2v) is 17.7. The molecule has 0 fully saturated rings. The van der Waals surface area contributed by atoms with Crippen LogP contribution in [0.1, 0.15) is 126 Å². The van der Waals surface area contributed by atoms with Crippen LogP contribution in [0.3, 0.4) is 0 Å². The number of hydrogen-bond donors (Lipinski definition) is 0. The molecule has 1 unspecified atom stereocenters. The first-order chi connectivity index (χ1) is 24.4. The quantitative estimate of drug-likeness (QED) is 0.144. The van der Waals surface area contributed by atoms with E-state index in [0.29, 0.717) is 0 Å². The summed E-state index contributed by atoms with van der Waals surface area (Å²) in [6.07, 6.45) is 3.51. The van der Waals surface area contributed by atoms with Crippen molar-refractivity contribution in [1.82, 2.24) is 0 Å². The fourth-order valence-electron chi connectivity index (χ4n) is 7.83. The Hall–Kier alpha value is -4.30. The van der Waals surface area contributed by atoms with Crippen LogP contribution in [0.2, 0.25) is 0 Å². The molecule has 0 N–H and O–H groups in total. The van der Waals surface area contributed by atoms with Crippen LogP contribution < -0.4 is 9.80 Å². The normalized spacial score (nSPS) is 13.2. The zero-order chi connectivity index (χ0) is 38.2. The average Bonchev–Trinajstić information content (AvgIpc) is 3.08. The smallest absolute Gasteiger partial charge is 0.0520 e.